The van der Waals surface area contributed by atoms with Crippen LogP contribution in [0.1, 0.15) is 27.2 Å². The first-order valence-electron chi connectivity index (χ1n) is 6.14. The summed E-state index contributed by atoms with van der Waals surface area (Å²) in [5, 5.41) is 3.14. The summed E-state index contributed by atoms with van der Waals surface area (Å²) in [4.78, 5) is 24.1. The molecule has 0 heterocycles. The summed E-state index contributed by atoms with van der Waals surface area (Å²) in [6.45, 7) is 7.03. The summed E-state index contributed by atoms with van der Waals surface area (Å²) in [6, 6.07) is 0. The third-order valence-electron chi connectivity index (χ3n) is 2.39. The molecule has 18 heavy (non-hydrogen) atoms. The topological polar surface area (TPSA) is 53.0 Å². The zero-order chi connectivity index (χ0) is 14.1. The monoisotopic (exact) mass is 373 g/mol. The molecular weight excluding hydrogens is 352 g/mol. The Balaban J connectivity index is 5.01. The predicted molar refractivity (Wildman–Crippen MR) is 74.7 cm³/mol. The Morgan fingerprint density at radius 1 is 1.28 bits per heavy atom. The van der Waals surface area contributed by atoms with E-state index in [1.54, 1.807) is 10.0 Å². The number of amides is 2. The van der Waals surface area contributed by atoms with Crippen LogP contribution in [0.15, 0.2) is 4.74 Å². The van der Waals surface area contributed by atoms with Crippen LogP contribution in [0, 0.1) is 5.92 Å². The van der Waals surface area contributed by atoms with Crippen molar-refractivity contribution in [1.82, 2.24) is 10.0 Å². The summed E-state index contributed by atoms with van der Waals surface area (Å²) >= 11 is 1.08. The van der Waals surface area contributed by atoms with E-state index in [2.05, 4.69) is 13.8 Å². The Kier molecular flexibility index (Phi) is 9.74. The van der Waals surface area contributed by atoms with Gasteiger partial charge in [-0.25, -0.2) is 0 Å². The third-order valence-corrected chi connectivity index (χ3v) is 3.36. The molecule has 0 aromatic rings. The average molecular weight is 373 g/mol. The molecule has 2 radical (unpaired) electrons. The molecule has 5 nitrogen and oxygen atoms in total. The Bertz CT molecular complexity index is 300. The van der Waals surface area contributed by atoms with Crippen LogP contribution >= 0.6 is 9.03 Å². The zero-order valence-corrected chi connectivity index (χ0v) is 15.6. The molecule has 0 unspecified atom stereocenters. The van der Waals surface area contributed by atoms with Crippen molar-refractivity contribution in [2.24, 2.45) is 10.7 Å². The minimum atomic E-state index is -0.125. The van der Waals surface area contributed by atoms with E-state index in [0.717, 1.165) is 28.6 Å². The fraction of sp³-hybridized carbons (Fsp3) is 0.818. The number of rotatable bonds is 7. The van der Waals surface area contributed by atoms with Crippen LogP contribution in [-0.2, 0) is 9.59 Å². The molecule has 0 aliphatic heterocycles. The molecule has 100 valence electrons. The van der Waals surface area contributed by atoms with E-state index in [1.165, 1.54) is 0 Å². The second-order valence-corrected chi connectivity index (χ2v) is 6.12. The van der Waals surface area contributed by atoms with Gasteiger partial charge in [-0.05, 0) is 0 Å². The number of carbonyl (C=O) groups is 2. The first kappa shape index (κ1) is 17.9. The first-order valence-corrected chi connectivity index (χ1v) is 8.92. The van der Waals surface area contributed by atoms with Crippen molar-refractivity contribution in [3.05, 3.63) is 0 Å². The number of hydrazine groups is 1. The van der Waals surface area contributed by atoms with Crippen molar-refractivity contribution in [2.45, 2.75) is 31.4 Å². The Labute approximate surface area is 126 Å². The maximum atomic E-state index is 12.2. The van der Waals surface area contributed by atoms with Crippen LogP contribution < -0.4 is 0 Å². The van der Waals surface area contributed by atoms with Gasteiger partial charge in [0.05, 0.1) is 0 Å². The van der Waals surface area contributed by atoms with E-state index < -0.39 is 0 Å². The van der Waals surface area contributed by atoms with Crippen molar-refractivity contribution < 1.29 is 9.59 Å². The molecule has 0 bridgehead atoms. The molecule has 0 spiro atoms. The van der Waals surface area contributed by atoms with E-state index in [-0.39, 0.29) is 17.7 Å². The van der Waals surface area contributed by atoms with Gasteiger partial charge < -0.3 is 0 Å². The molecule has 0 atom stereocenters. The Hall–Kier alpha value is -0.0899. The van der Waals surface area contributed by atoms with Gasteiger partial charge in [-0.15, -0.1) is 0 Å². The van der Waals surface area contributed by atoms with E-state index in [9.17, 15) is 9.59 Å². The van der Waals surface area contributed by atoms with Gasteiger partial charge >= 0.3 is 126 Å². The molecule has 0 aromatic carbocycles. The summed E-state index contributed by atoms with van der Waals surface area (Å²) in [7, 11) is 3.04. The van der Waals surface area contributed by atoms with Crippen molar-refractivity contribution >= 4 is 45.2 Å². The van der Waals surface area contributed by atoms with Gasteiger partial charge in [0.15, 0.2) is 0 Å². The molecule has 0 aliphatic carbocycles. The van der Waals surface area contributed by atoms with Gasteiger partial charge in [-0.2, -0.15) is 0 Å². The number of carbonyl (C=O) groups excluding carboxylic acids is 2. The van der Waals surface area contributed by atoms with Crippen LogP contribution in [0.4, 0.5) is 0 Å². The molecule has 0 rings (SSSR count). The van der Waals surface area contributed by atoms with Crippen molar-refractivity contribution in [3.63, 3.8) is 0 Å². The Morgan fingerprint density at radius 2 is 1.89 bits per heavy atom. The molecule has 0 aromatic heterocycles. The number of nitrogens with zero attached hydrogens (tertiary/aromatic N) is 3. The fourth-order valence-corrected chi connectivity index (χ4v) is 2.28. The van der Waals surface area contributed by atoms with E-state index >= 15 is 0 Å². The quantitative estimate of drug-likeness (QED) is 0.502. The van der Waals surface area contributed by atoms with Crippen LogP contribution in [0.2, 0.25) is 4.18 Å². The number of hydrogen-bond acceptors (Lipinski definition) is 3. The summed E-state index contributed by atoms with van der Waals surface area (Å²) in [5.41, 5.74) is 0. The van der Waals surface area contributed by atoms with E-state index in [1.807, 2.05) is 20.8 Å². The second-order valence-electron chi connectivity index (χ2n) is 4.16. The maximum absolute atomic E-state index is 12.2. The molecule has 0 saturated heterocycles. The normalized spacial score (nSPS) is 10.2. The number of hydrogen-bond donors (Lipinski definition) is 0. The van der Waals surface area contributed by atoms with Gasteiger partial charge in [-0.3, -0.25) is 0 Å². The summed E-state index contributed by atoms with van der Waals surface area (Å²) in [5.74, 6) is -0.159. The van der Waals surface area contributed by atoms with Crippen molar-refractivity contribution in [3.8, 4) is 0 Å². The second kappa shape index (κ2) is 9.79. The molecule has 0 fully saturated rings. The van der Waals surface area contributed by atoms with Gasteiger partial charge in [-0.1, -0.05) is 0 Å². The first-order chi connectivity index (χ1) is 8.49. The molecular formula is C11H21InN3O2P. The Morgan fingerprint density at radius 3 is 2.28 bits per heavy atom. The standard InChI is InChI=1S/C11H21N3O2P.In/c1-5-10(15)13(6-2)14(8-7-12-17)11(16)9(3)4;/h9,17H,2,5-8H2,1,3-4H3;. The van der Waals surface area contributed by atoms with Crippen LogP contribution in [0.5, 0.6) is 0 Å². The molecule has 0 aliphatic rings. The minimum absolute atomic E-state index is 0.00715. The van der Waals surface area contributed by atoms with E-state index in [0.29, 0.717) is 26.1 Å². The summed E-state index contributed by atoms with van der Waals surface area (Å²) in [6.07, 6.45) is 0.410. The van der Waals surface area contributed by atoms with Crippen LogP contribution in [0.25, 0.3) is 0 Å². The van der Waals surface area contributed by atoms with Crippen molar-refractivity contribution in [1.29, 1.82) is 0 Å². The van der Waals surface area contributed by atoms with Crippen LogP contribution in [0.3, 0.4) is 0 Å². The SMILES string of the molecule is CCC(=O)N(C[CH2][In])N(CCN=P)C(=O)C(C)C. The van der Waals surface area contributed by atoms with E-state index in [4.69, 9.17) is 0 Å². The van der Waals surface area contributed by atoms with Gasteiger partial charge in [0.25, 0.3) is 0 Å². The average Bonchev–Trinajstić information content (AvgIpc) is 2.36. The molecule has 2 amide bonds. The third kappa shape index (κ3) is 5.70. The molecule has 0 N–H and O–H groups in total. The predicted octanol–water partition coefficient (Wildman–Crippen LogP) is 1.54. The molecule has 0 saturated carbocycles. The van der Waals surface area contributed by atoms with Gasteiger partial charge in [0, 0.05) is 0 Å². The van der Waals surface area contributed by atoms with Crippen molar-refractivity contribution in [2.75, 3.05) is 19.6 Å². The van der Waals surface area contributed by atoms with Crippen LogP contribution in [-0.4, -0.2) is 65.8 Å². The fourth-order valence-electron chi connectivity index (χ4n) is 1.48. The zero-order valence-electron chi connectivity index (χ0n) is 11.3. The van der Waals surface area contributed by atoms with Gasteiger partial charge in [0.2, 0.25) is 0 Å². The summed E-state index contributed by atoms with van der Waals surface area (Å²) < 4.78 is 4.77. The van der Waals surface area contributed by atoms with Gasteiger partial charge in [0.1, 0.15) is 0 Å². The molecule has 7 heteroatoms.